The van der Waals surface area contributed by atoms with Gasteiger partial charge in [-0.05, 0) is 35.4 Å². The minimum Gasteiger partial charge on any atom is -0.391 e. The number of Topliss-reactive ketones (excluding diaryl/α,β-unsaturated/α-hetero) is 1. The molecule has 0 saturated carbocycles. The van der Waals surface area contributed by atoms with Gasteiger partial charge in [-0.15, -0.1) is 0 Å². The average molecular weight is 422 g/mol. The molecule has 2 heterocycles. The summed E-state index contributed by atoms with van der Waals surface area (Å²) in [6.07, 6.45) is 2.42. The SMILES string of the molecule is CC(C)CC(O)CNC(=O)C1=NCc2cc(CC(=O)C[C@H](C)c3ccccc3)ncc21. The molecule has 1 amide bonds. The number of amides is 1. The predicted octanol–water partition coefficient (Wildman–Crippen LogP) is 3.21. The van der Waals surface area contributed by atoms with Gasteiger partial charge in [0.2, 0.25) is 0 Å². The number of nitrogens with one attached hydrogen (secondary N) is 1. The maximum Gasteiger partial charge on any atom is 0.270 e. The van der Waals surface area contributed by atoms with Crippen molar-refractivity contribution in [2.75, 3.05) is 6.54 Å². The van der Waals surface area contributed by atoms with Crippen LogP contribution in [0.2, 0.25) is 0 Å². The smallest absolute Gasteiger partial charge is 0.270 e. The number of rotatable bonds is 10. The number of fused-ring (bicyclic) bond motifs is 1. The maximum atomic E-state index is 12.5. The zero-order valence-corrected chi connectivity index (χ0v) is 18.5. The highest BCUT2D eigenvalue weighted by molar-refractivity contribution is 6.46. The second-order valence-corrected chi connectivity index (χ2v) is 8.72. The van der Waals surface area contributed by atoms with Crippen molar-refractivity contribution in [3.63, 3.8) is 0 Å². The van der Waals surface area contributed by atoms with Crippen LogP contribution in [0, 0.1) is 5.92 Å². The van der Waals surface area contributed by atoms with Crippen LogP contribution in [0.5, 0.6) is 0 Å². The number of ketones is 1. The van der Waals surface area contributed by atoms with E-state index in [1.807, 2.05) is 50.2 Å². The molecule has 1 aromatic carbocycles. The van der Waals surface area contributed by atoms with E-state index in [9.17, 15) is 14.7 Å². The Hall–Kier alpha value is -2.86. The van der Waals surface area contributed by atoms with E-state index < -0.39 is 6.10 Å². The van der Waals surface area contributed by atoms with Crippen LogP contribution in [-0.2, 0) is 22.6 Å². The van der Waals surface area contributed by atoms with Crippen LogP contribution in [0.1, 0.15) is 61.9 Å². The molecule has 2 atom stereocenters. The lowest BCUT2D eigenvalue weighted by atomic mass is 9.94. The van der Waals surface area contributed by atoms with Gasteiger partial charge in [-0.3, -0.25) is 19.6 Å². The summed E-state index contributed by atoms with van der Waals surface area (Å²) >= 11 is 0. The van der Waals surface area contributed by atoms with Crippen LogP contribution in [0.4, 0.5) is 0 Å². The van der Waals surface area contributed by atoms with Crippen molar-refractivity contribution >= 4 is 17.4 Å². The minimum atomic E-state index is -0.574. The molecule has 164 valence electrons. The average Bonchev–Trinajstić information content (AvgIpc) is 3.15. The van der Waals surface area contributed by atoms with Gasteiger partial charge in [0.25, 0.3) is 5.91 Å². The van der Waals surface area contributed by atoms with Crippen LogP contribution in [0.15, 0.2) is 47.6 Å². The van der Waals surface area contributed by atoms with E-state index in [4.69, 9.17) is 0 Å². The van der Waals surface area contributed by atoms with Gasteiger partial charge >= 0.3 is 0 Å². The lowest BCUT2D eigenvalue weighted by Crippen LogP contribution is -2.37. The first kappa shape index (κ1) is 22.8. The van der Waals surface area contributed by atoms with Gasteiger partial charge in [0.1, 0.15) is 11.5 Å². The van der Waals surface area contributed by atoms with E-state index in [-0.39, 0.29) is 30.6 Å². The summed E-state index contributed by atoms with van der Waals surface area (Å²) < 4.78 is 0. The summed E-state index contributed by atoms with van der Waals surface area (Å²) in [5.74, 6) is 0.356. The Morgan fingerprint density at radius 2 is 1.90 bits per heavy atom. The first-order valence-corrected chi connectivity index (χ1v) is 10.9. The van der Waals surface area contributed by atoms with Crippen molar-refractivity contribution in [3.05, 3.63) is 65.0 Å². The first-order valence-electron chi connectivity index (χ1n) is 10.9. The fourth-order valence-corrected chi connectivity index (χ4v) is 3.87. The van der Waals surface area contributed by atoms with E-state index in [1.54, 1.807) is 6.20 Å². The predicted molar refractivity (Wildman–Crippen MR) is 121 cm³/mol. The van der Waals surface area contributed by atoms with Crippen molar-refractivity contribution in [3.8, 4) is 0 Å². The Labute approximate surface area is 183 Å². The number of aromatic nitrogens is 1. The van der Waals surface area contributed by atoms with Crippen molar-refractivity contribution in [2.24, 2.45) is 10.9 Å². The Balaban J connectivity index is 1.56. The molecule has 6 nitrogen and oxygen atoms in total. The van der Waals surface area contributed by atoms with Crippen LogP contribution in [0.25, 0.3) is 0 Å². The normalized spacial score (nSPS) is 14.7. The van der Waals surface area contributed by atoms with Crippen molar-refractivity contribution in [2.45, 2.75) is 58.6 Å². The molecular weight excluding hydrogens is 390 g/mol. The standard InChI is InChI=1S/C25H31N3O3/c1-16(2)9-22(30)14-28-25(31)24-23-15-26-20(11-19(23)13-27-24)12-21(29)10-17(3)18-7-5-4-6-8-18/h4-8,11,15-17,22,30H,9-10,12-14H2,1-3H3,(H,28,31)/t17-,22?/m0/s1. The lowest BCUT2D eigenvalue weighted by Gasteiger charge is -2.14. The molecule has 1 unspecified atom stereocenters. The molecule has 3 rings (SSSR count). The molecule has 1 aliphatic heterocycles. The molecule has 6 heteroatoms. The monoisotopic (exact) mass is 421 g/mol. The Bertz CT molecular complexity index is 954. The number of carbonyl (C=O) groups excluding carboxylic acids is 2. The fourth-order valence-electron chi connectivity index (χ4n) is 3.87. The number of carbonyl (C=O) groups is 2. The number of hydrogen-bond donors (Lipinski definition) is 2. The summed E-state index contributed by atoms with van der Waals surface area (Å²) in [5, 5.41) is 12.7. The number of pyridine rings is 1. The number of aliphatic hydroxyl groups excluding tert-OH is 1. The molecule has 0 spiro atoms. The zero-order chi connectivity index (χ0) is 22.4. The fraction of sp³-hybridized carbons (Fsp3) is 0.440. The van der Waals surface area contributed by atoms with Gasteiger partial charge in [0.15, 0.2) is 0 Å². The van der Waals surface area contributed by atoms with E-state index >= 15 is 0 Å². The number of hydrogen-bond acceptors (Lipinski definition) is 5. The number of aliphatic hydroxyl groups is 1. The topological polar surface area (TPSA) is 91.6 Å². The van der Waals surface area contributed by atoms with Crippen molar-refractivity contribution < 1.29 is 14.7 Å². The van der Waals surface area contributed by atoms with E-state index in [0.717, 1.165) is 11.1 Å². The third-order valence-electron chi connectivity index (χ3n) is 5.45. The Morgan fingerprint density at radius 3 is 2.61 bits per heavy atom. The Kier molecular flexibility index (Phi) is 7.69. The largest absolute Gasteiger partial charge is 0.391 e. The third-order valence-corrected chi connectivity index (χ3v) is 5.45. The maximum absolute atomic E-state index is 12.5. The summed E-state index contributed by atoms with van der Waals surface area (Å²) in [6, 6.07) is 11.9. The summed E-state index contributed by atoms with van der Waals surface area (Å²) in [5.41, 5.74) is 3.80. The molecule has 0 saturated heterocycles. The summed E-state index contributed by atoms with van der Waals surface area (Å²) in [4.78, 5) is 33.8. The zero-order valence-electron chi connectivity index (χ0n) is 18.5. The van der Waals surface area contributed by atoms with Gasteiger partial charge in [-0.2, -0.15) is 0 Å². The molecule has 2 aromatic rings. The Morgan fingerprint density at radius 1 is 1.16 bits per heavy atom. The van der Waals surface area contributed by atoms with Gasteiger partial charge in [0, 0.05) is 36.8 Å². The highest BCUT2D eigenvalue weighted by Crippen LogP contribution is 2.22. The molecular formula is C25H31N3O3. The van der Waals surface area contributed by atoms with Gasteiger partial charge in [0.05, 0.1) is 12.6 Å². The summed E-state index contributed by atoms with van der Waals surface area (Å²) in [6.45, 7) is 6.71. The first-order chi connectivity index (χ1) is 14.8. The number of aliphatic imine (C=N–C) groups is 1. The minimum absolute atomic E-state index is 0.139. The molecule has 2 N–H and O–H groups in total. The van der Waals surface area contributed by atoms with E-state index in [0.29, 0.717) is 42.3 Å². The number of nitrogens with zero attached hydrogens (tertiary/aromatic N) is 2. The quantitative estimate of drug-likeness (QED) is 0.616. The molecule has 1 aliphatic rings. The van der Waals surface area contributed by atoms with Crippen molar-refractivity contribution in [1.29, 1.82) is 0 Å². The molecule has 1 aromatic heterocycles. The highest BCUT2D eigenvalue weighted by Gasteiger charge is 2.24. The second-order valence-electron chi connectivity index (χ2n) is 8.72. The van der Waals surface area contributed by atoms with Crippen molar-refractivity contribution in [1.82, 2.24) is 10.3 Å². The van der Waals surface area contributed by atoms with Gasteiger partial charge < -0.3 is 10.4 Å². The van der Waals surface area contributed by atoms with Crippen LogP contribution >= 0.6 is 0 Å². The van der Waals surface area contributed by atoms with Gasteiger partial charge in [-0.1, -0.05) is 51.1 Å². The van der Waals surface area contributed by atoms with Gasteiger partial charge in [-0.25, -0.2) is 0 Å². The van der Waals surface area contributed by atoms with Crippen LogP contribution in [0.3, 0.4) is 0 Å². The molecule has 31 heavy (non-hydrogen) atoms. The molecule has 0 aliphatic carbocycles. The summed E-state index contributed by atoms with van der Waals surface area (Å²) in [7, 11) is 0. The molecule has 0 fully saturated rings. The lowest BCUT2D eigenvalue weighted by molar-refractivity contribution is -0.119. The highest BCUT2D eigenvalue weighted by atomic mass is 16.3. The second kappa shape index (κ2) is 10.4. The number of benzene rings is 1. The van der Waals surface area contributed by atoms with E-state index in [2.05, 4.69) is 22.2 Å². The third kappa shape index (κ3) is 6.31. The van der Waals surface area contributed by atoms with E-state index in [1.165, 1.54) is 0 Å². The van der Waals surface area contributed by atoms with Crippen LogP contribution < -0.4 is 5.32 Å². The van der Waals surface area contributed by atoms with Crippen LogP contribution in [-0.4, -0.2) is 40.1 Å². The molecule has 0 radical (unpaired) electrons. The molecule has 0 bridgehead atoms.